The number of rotatable bonds is 10. The minimum atomic E-state index is -4.10. The van der Waals surface area contributed by atoms with E-state index in [0.29, 0.717) is 21.3 Å². The zero-order chi connectivity index (χ0) is 27.2. The van der Waals surface area contributed by atoms with Gasteiger partial charge < -0.3 is 10.2 Å². The molecule has 10 heteroatoms. The predicted molar refractivity (Wildman–Crippen MR) is 147 cm³/mol. The molecule has 37 heavy (non-hydrogen) atoms. The van der Waals surface area contributed by atoms with Crippen molar-refractivity contribution in [3.63, 3.8) is 0 Å². The van der Waals surface area contributed by atoms with E-state index < -0.39 is 28.5 Å². The molecule has 0 unspecified atom stereocenters. The Morgan fingerprint density at radius 1 is 0.838 bits per heavy atom. The van der Waals surface area contributed by atoms with Crippen molar-refractivity contribution >= 4 is 50.7 Å². The van der Waals surface area contributed by atoms with Crippen molar-refractivity contribution < 1.29 is 18.0 Å². The minimum absolute atomic E-state index is 0.0398. The van der Waals surface area contributed by atoms with Gasteiger partial charge in [0.2, 0.25) is 11.8 Å². The predicted octanol–water partition coefficient (Wildman–Crippen LogP) is 5.13. The lowest BCUT2D eigenvalue weighted by Gasteiger charge is -2.32. The highest BCUT2D eigenvalue weighted by molar-refractivity contribution is 7.92. The topological polar surface area (TPSA) is 86.8 Å². The first-order valence-electron chi connectivity index (χ1n) is 11.7. The number of hydrogen-bond acceptors (Lipinski definition) is 4. The smallest absolute Gasteiger partial charge is 0.264 e. The number of hydrogen-bond donors (Lipinski definition) is 1. The van der Waals surface area contributed by atoms with Crippen molar-refractivity contribution in [3.05, 3.63) is 94.5 Å². The van der Waals surface area contributed by atoms with Crippen LogP contribution in [0.3, 0.4) is 0 Å². The van der Waals surface area contributed by atoms with Crippen LogP contribution in [0.4, 0.5) is 5.69 Å². The molecule has 0 saturated heterocycles. The molecule has 0 spiro atoms. The molecule has 0 bridgehead atoms. The molecule has 0 aliphatic carbocycles. The van der Waals surface area contributed by atoms with E-state index in [4.69, 9.17) is 23.2 Å². The fraction of sp³-hybridized carbons (Fsp3) is 0.259. The van der Waals surface area contributed by atoms with E-state index in [2.05, 4.69) is 5.32 Å². The summed E-state index contributed by atoms with van der Waals surface area (Å²) >= 11 is 12.7. The first kappa shape index (κ1) is 28.5. The summed E-state index contributed by atoms with van der Waals surface area (Å²) in [5, 5.41) is 3.47. The van der Waals surface area contributed by atoms with Gasteiger partial charge in [-0.2, -0.15) is 0 Å². The Morgan fingerprint density at radius 2 is 1.38 bits per heavy atom. The average molecular weight is 563 g/mol. The molecule has 1 N–H and O–H groups in total. The maximum atomic E-state index is 13.8. The minimum Gasteiger partial charge on any atom is -0.352 e. The van der Waals surface area contributed by atoms with Gasteiger partial charge in [0.05, 0.1) is 10.6 Å². The second-order valence-electron chi connectivity index (χ2n) is 8.72. The Hall–Kier alpha value is -3.07. The Labute approximate surface area is 228 Å². The van der Waals surface area contributed by atoms with Gasteiger partial charge in [-0.05, 0) is 57.2 Å². The van der Waals surface area contributed by atoms with Crippen molar-refractivity contribution in [1.29, 1.82) is 0 Å². The molecule has 0 aliphatic rings. The van der Waals surface area contributed by atoms with Crippen LogP contribution in [-0.2, 0) is 26.2 Å². The van der Waals surface area contributed by atoms with Crippen LogP contribution in [0, 0.1) is 0 Å². The maximum absolute atomic E-state index is 13.8. The summed E-state index contributed by atoms with van der Waals surface area (Å²) in [6.07, 6.45) is 0. The van der Waals surface area contributed by atoms with Gasteiger partial charge in [-0.3, -0.25) is 13.9 Å². The van der Waals surface area contributed by atoms with E-state index in [9.17, 15) is 18.0 Å². The summed E-state index contributed by atoms with van der Waals surface area (Å²) in [7, 11) is -4.10. The van der Waals surface area contributed by atoms with Crippen LogP contribution in [0.2, 0.25) is 10.0 Å². The van der Waals surface area contributed by atoms with Crippen molar-refractivity contribution in [2.24, 2.45) is 0 Å². The Morgan fingerprint density at radius 3 is 1.92 bits per heavy atom. The number of amides is 2. The Balaban J connectivity index is 2.03. The van der Waals surface area contributed by atoms with Gasteiger partial charge >= 0.3 is 0 Å². The third kappa shape index (κ3) is 7.03. The molecule has 0 heterocycles. The molecule has 2 amide bonds. The third-order valence-corrected chi connectivity index (χ3v) is 8.14. The maximum Gasteiger partial charge on any atom is 0.264 e. The Kier molecular flexibility index (Phi) is 9.59. The van der Waals surface area contributed by atoms with Crippen LogP contribution in [-0.4, -0.2) is 43.8 Å². The van der Waals surface area contributed by atoms with Crippen LogP contribution in [0.1, 0.15) is 26.3 Å². The molecule has 0 aliphatic heterocycles. The highest BCUT2D eigenvalue weighted by Crippen LogP contribution is 2.28. The molecule has 3 aromatic rings. The number of nitrogens with zero attached hydrogens (tertiary/aromatic N) is 2. The van der Waals surface area contributed by atoms with Gasteiger partial charge in [0, 0.05) is 28.2 Å². The summed E-state index contributed by atoms with van der Waals surface area (Å²) in [5.41, 5.74) is 0.773. The molecule has 3 aromatic carbocycles. The number of halogens is 2. The first-order valence-corrected chi connectivity index (χ1v) is 13.9. The largest absolute Gasteiger partial charge is 0.352 e. The van der Waals surface area contributed by atoms with Gasteiger partial charge in [0.15, 0.2) is 0 Å². The summed E-state index contributed by atoms with van der Waals surface area (Å²) < 4.78 is 28.3. The van der Waals surface area contributed by atoms with E-state index in [1.54, 1.807) is 73.7 Å². The van der Waals surface area contributed by atoms with Crippen molar-refractivity contribution in [1.82, 2.24) is 10.2 Å². The number of carbonyl (C=O) groups excluding carboxylic acids is 2. The van der Waals surface area contributed by atoms with Crippen LogP contribution in [0.5, 0.6) is 0 Å². The van der Waals surface area contributed by atoms with E-state index in [0.717, 1.165) is 4.31 Å². The van der Waals surface area contributed by atoms with Gasteiger partial charge in [-0.1, -0.05) is 65.7 Å². The lowest BCUT2D eigenvalue weighted by atomic mass is 10.1. The first-order chi connectivity index (χ1) is 17.5. The quantitative estimate of drug-likeness (QED) is 0.371. The van der Waals surface area contributed by atoms with Crippen LogP contribution in [0.15, 0.2) is 83.8 Å². The normalized spacial score (nSPS) is 12.2. The van der Waals surface area contributed by atoms with E-state index >= 15 is 0 Å². The zero-order valence-corrected chi connectivity index (χ0v) is 23.1. The number of para-hydroxylation sites is 1. The van der Waals surface area contributed by atoms with Crippen molar-refractivity contribution in [2.75, 3.05) is 10.8 Å². The van der Waals surface area contributed by atoms with Crippen LogP contribution >= 0.6 is 23.2 Å². The molecule has 1 atom stereocenters. The molecule has 0 radical (unpaired) electrons. The third-order valence-electron chi connectivity index (χ3n) is 5.64. The van der Waals surface area contributed by atoms with E-state index in [-0.39, 0.29) is 23.4 Å². The standard InChI is InChI=1S/C27H29Cl2N3O4S/c1-19(2)30-27(34)20(3)31(17-23-24(28)15-10-16-25(23)29)26(33)18-32(21-11-6-4-7-12-21)37(35,36)22-13-8-5-9-14-22/h4-16,19-20H,17-18H2,1-3H3,(H,30,34)/t20-/m1/s1. The molecule has 7 nitrogen and oxygen atoms in total. The van der Waals surface area contributed by atoms with E-state index in [1.807, 2.05) is 13.8 Å². The highest BCUT2D eigenvalue weighted by atomic mass is 35.5. The number of nitrogens with one attached hydrogen (secondary N) is 1. The molecule has 0 fully saturated rings. The fourth-order valence-corrected chi connectivity index (χ4v) is 5.64. The van der Waals surface area contributed by atoms with Crippen LogP contribution in [0.25, 0.3) is 0 Å². The average Bonchev–Trinajstić information content (AvgIpc) is 2.87. The van der Waals surface area contributed by atoms with Crippen molar-refractivity contribution in [3.8, 4) is 0 Å². The zero-order valence-electron chi connectivity index (χ0n) is 20.8. The highest BCUT2D eigenvalue weighted by Gasteiger charge is 2.33. The molecule has 0 aromatic heterocycles. The van der Waals surface area contributed by atoms with Gasteiger partial charge in [-0.15, -0.1) is 0 Å². The summed E-state index contributed by atoms with van der Waals surface area (Å²) in [4.78, 5) is 28.1. The number of benzene rings is 3. The lowest BCUT2D eigenvalue weighted by molar-refractivity contribution is -0.139. The number of anilines is 1. The number of carbonyl (C=O) groups is 2. The fourth-order valence-electron chi connectivity index (χ4n) is 3.68. The molecule has 0 saturated carbocycles. The molecular weight excluding hydrogens is 533 g/mol. The van der Waals surface area contributed by atoms with Gasteiger partial charge in [0.1, 0.15) is 12.6 Å². The SMILES string of the molecule is CC(C)NC(=O)[C@@H](C)N(Cc1c(Cl)cccc1Cl)C(=O)CN(c1ccccc1)S(=O)(=O)c1ccccc1. The summed E-state index contributed by atoms with van der Waals surface area (Å²) in [6, 6.07) is 20.1. The number of sulfonamides is 1. The summed E-state index contributed by atoms with van der Waals surface area (Å²) in [6.45, 7) is 4.58. The van der Waals surface area contributed by atoms with Crippen molar-refractivity contribution in [2.45, 2.75) is 44.3 Å². The Bertz CT molecular complexity index is 1320. The second kappa shape index (κ2) is 12.4. The summed E-state index contributed by atoms with van der Waals surface area (Å²) in [5.74, 6) is -0.977. The second-order valence-corrected chi connectivity index (χ2v) is 11.4. The molecular formula is C27H29Cl2N3O4S. The molecule has 196 valence electrons. The lowest BCUT2D eigenvalue weighted by Crippen LogP contribution is -2.52. The van der Waals surface area contributed by atoms with Gasteiger partial charge in [-0.25, -0.2) is 8.42 Å². The van der Waals surface area contributed by atoms with E-state index in [1.165, 1.54) is 17.0 Å². The monoisotopic (exact) mass is 561 g/mol. The van der Waals surface area contributed by atoms with Crippen LogP contribution < -0.4 is 9.62 Å². The molecule has 3 rings (SSSR count). The van der Waals surface area contributed by atoms with Gasteiger partial charge in [0.25, 0.3) is 10.0 Å².